The molecule has 0 aliphatic rings. The highest BCUT2D eigenvalue weighted by Gasteiger charge is 2.22. The molecule has 11 aromatic rings. The first-order valence-electron chi connectivity index (χ1n) is 17.7. The fourth-order valence-electron chi connectivity index (χ4n) is 8.35. The average molecular weight is 663 g/mol. The van der Waals surface area contributed by atoms with Crippen molar-refractivity contribution in [1.29, 1.82) is 0 Å². The molecule has 0 bridgehead atoms. The van der Waals surface area contributed by atoms with Gasteiger partial charge < -0.3 is 4.57 Å². The van der Waals surface area contributed by atoms with E-state index in [2.05, 4.69) is 191 Å². The van der Waals surface area contributed by atoms with Crippen LogP contribution in [0.25, 0.3) is 99.3 Å². The second-order valence-corrected chi connectivity index (χ2v) is 13.4. The van der Waals surface area contributed by atoms with E-state index in [1.165, 1.54) is 49.1 Å². The smallest absolute Gasteiger partial charge is 0.235 e. The summed E-state index contributed by atoms with van der Waals surface area (Å²) in [5.74, 6) is 0.656. The molecule has 0 saturated heterocycles. The number of hydrogen-bond donors (Lipinski definition) is 0. The molecule has 0 unspecified atom stereocenters. The molecule has 3 aromatic heterocycles. The van der Waals surface area contributed by atoms with E-state index in [0.29, 0.717) is 5.95 Å². The van der Waals surface area contributed by atoms with Gasteiger partial charge in [-0.3, -0.25) is 4.57 Å². The molecular formula is C48H30N4. The van der Waals surface area contributed by atoms with Gasteiger partial charge in [0.2, 0.25) is 5.95 Å². The van der Waals surface area contributed by atoms with Crippen LogP contribution in [0.5, 0.6) is 0 Å². The summed E-state index contributed by atoms with van der Waals surface area (Å²) in [5.41, 5.74) is 11.0. The Bertz CT molecular complexity index is 3170. The fourth-order valence-corrected chi connectivity index (χ4v) is 8.35. The molecule has 0 aliphatic heterocycles. The molecule has 4 heteroatoms. The van der Waals surface area contributed by atoms with Crippen molar-refractivity contribution in [2.75, 3.05) is 0 Å². The van der Waals surface area contributed by atoms with Gasteiger partial charge in [-0.2, -0.15) is 0 Å². The summed E-state index contributed by atoms with van der Waals surface area (Å²) in [6, 6.07) is 64.7. The van der Waals surface area contributed by atoms with Crippen LogP contribution in [0.15, 0.2) is 182 Å². The second kappa shape index (κ2) is 11.2. The quantitative estimate of drug-likeness (QED) is 0.176. The van der Waals surface area contributed by atoms with Gasteiger partial charge in [0.15, 0.2) is 0 Å². The molecule has 0 N–H and O–H groups in total. The van der Waals surface area contributed by atoms with Gasteiger partial charge in [0.25, 0.3) is 0 Å². The van der Waals surface area contributed by atoms with Crippen molar-refractivity contribution in [3.05, 3.63) is 182 Å². The van der Waals surface area contributed by atoms with E-state index in [-0.39, 0.29) is 0 Å². The van der Waals surface area contributed by atoms with Crippen molar-refractivity contribution < 1.29 is 0 Å². The first-order chi connectivity index (χ1) is 25.8. The van der Waals surface area contributed by atoms with Gasteiger partial charge in [-0.15, -0.1) is 0 Å². The topological polar surface area (TPSA) is 35.6 Å². The van der Waals surface area contributed by atoms with Gasteiger partial charge >= 0.3 is 0 Å². The molecule has 0 spiro atoms. The van der Waals surface area contributed by atoms with Crippen molar-refractivity contribution in [2.24, 2.45) is 0 Å². The summed E-state index contributed by atoms with van der Waals surface area (Å²) in [5, 5.41) is 8.22. The minimum absolute atomic E-state index is 0.656. The summed E-state index contributed by atoms with van der Waals surface area (Å²) in [6.07, 6.45) is 0. The van der Waals surface area contributed by atoms with Crippen molar-refractivity contribution in [2.45, 2.75) is 0 Å². The highest BCUT2D eigenvalue weighted by Crippen LogP contribution is 2.44. The molecule has 52 heavy (non-hydrogen) atoms. The Morgan fingerprint density at radius 1 is 0.346 bits per heavy atom. The van der Waals surface area contributed by atoms with E-state index in [0.717, 1.165) is 44.3 Å². The SMILES string of the molecule is c1ccc(-c2nc(-n3c4ccccc4c4c(-c5cccc6c5c5ccccc5n6-c5ccccc5)cccc43)nc3ccc4ccccc4c23)cc1. The lowest BCUT2D eigenvalue weighted by atomic mass is 9.95. The maximum absolute atomic E-state index is 5.44. The number of nitrogens with zero attached hydrogens (tertiary/aromatic N) is 4. The Balaban J connectivity index is 1.23. The van der Waals surface area contributed by atoms with Gasteiger partial charge in [0.1, 0.15) is 0 Å². The minimum atomic E-state index is 0.656. The van der Waals surface area contributed by atoms with Crippen molar-refractivity contribution in [3.63, 3.8) is 0 Å². The van der Waals surface area contributed by atoms with Crippen LogP contribution in [0.4, 0.5) is 0 Å². The number of benzene rings is 8. The normalized spacial score (nSPS) is 11.8. The predicted molar refractivity (Wildman–Crippen MR) is 217 cm³/mol. The maximum atomic E-state index is 5.44. The van der Waals surface area contributed by atoms with E-state index >= 15 is 0 Å². The number of hydrogen-bond acceptors (Lipinski definition) is 2. The molecule has 4 nitrogen and oxygen atoms in total. The molecule has 0 fully saturated rings. The van der Waals surface area contributed by atoms with E-state index < -0.39 is 0 Å². The number of para-hydroxylation sites is 3. The highest BCUT2D eigenvalue weighted by atomic mass is 15.2. The lowest BCUT2D eigenvalue weighted by Gasteiger charge is -2.14. The first-order valence-corrected chi connectivity index (χ1v) is 17.7. The molecule has 0 atom stereocenters. The lowest BCUT2D eigenvalue weighted by molar-refractivity contribution is 1.01. The molecule has 8 aromatic carbocycles. The molecule has 0 amide bonds. The van der Waals surface area contributed by atoms with E-state index in [9.17, 15) is 0 Å². The largest absolute Gasteiger partial charge is 0.309 e. The first kappa shape index (κ1) is 28.8. The van der Waals surface area contributed by atoms with E-state index in [1.54, 1.807) is 0 Å². The minimum Gasteiger partial charge on any atom is -0.309 e. The molecule has 11 rings (SSSR count). The van der Waals surface area contributed by atoms with Crippen LogP contribution in [0.3, 0.4) is 0 Å². The van der Waals surface area contributed by atoms with Gasteiger partial charge in [-0.1, -0.05) is 140 Å². The van der Waals surface area contributed by atoms with Crippen molar-refractivity contribution in [3.8, 4) is 34.0 Å². The summed E-state index contributed by atoms with van der Waals surface area (Å²) in [4.78, 5) is 10.8. The number of rotatable bonds is 4. The predicted octanol–water partition coefficient (Wildman–Crippen LogP) is 12.3. The zero-order valence-corrected chi connectivity index (χ0v) is 28.1. The van der Waals surface area contributed by atoms with Gasteiger partial charge in [0.05, 0.1) is 33.3 Å². The van der Waals surface area contributed by atoms with Crippen LogP contribution in [0.2, 0.25) is 0 Å². The third-order valence-electron chi connectivity index (χ3n) is 10.5. The van der Waals surface area contributed by atoms with Crippen LogP contribution in [0.1, 0.15) is 0 Å². The van der Waals surface area contributed by atoms with E-state index in [4.69, 9.17) is 9.97 Å². The summed E-state index contributed by atoms with van der Waals surface area (Å²) in [6.45, 7) is 0. The van der Waals surface area contributed by atoms with Gasteiger partial charge in [-0.25, -0.2) is 9.97 Å². The van der Waals surface area contributed by atoms with Crippen molar-refractivity contribution in [1.82, 2.24) is 19.1 Å². The summed E-state index contributed by atoms with van der Waals surface area (Å²) >= 11 is 0. The van der Waals surface area contributed by atoms with Crippen LogP contribution < -0.4 is 0 Å². The Hall–Kier alpha value is -7.04. The van der Waals surface area contributed by atoms with Crippen LogP contribution in [0, 0.1) is 0 Å². The second-order valence-electron chi connectivity index (χ2n) is 13.4. The highest BCUT2D eigenvalue weighted by molar-refractivity contribution is 6.22. The van der Waals surface area contributed by atoms with Crippen LogP contribution in [-0.4, -0.2) is 19.1 Å². The van der Waals surface area contributed by atoms with Crippen molar-refractivity contribution >= 4 is 65.3 Å². The van der Waals surface area contributed by atoms with E-state index in [1.807, 2.05) is 0 Å². The van der Waals surface area contributed by atoms with Crippen LogP contribution in [-0.2, 0) is 0 Å². The van der Waals surface area contributed by atoms with Gasteiger partial charge in [0, 0.05) is 38.2 Å². The molecule has 0 radical (unpaired) electrons. The average Bonchev–Trinajstić information content (AvgIpc) is 3.74. The number of fused-ring (bicyclic) bond motifs is 9. The Morgan fingerprint density at radius 3 is 1.58 bits per heavy atom. The lowest BCUT2D eigenvalue weighted by Crippen LogP contribution is -2.03. The standard InChI is InChI=1S/C48H30N4/c1-3-16-32(17-4-1)47-46-34-20-8-7-15-31(34)29-30-39(46)49-48(50-47)52-41-26-12-10-22-38(41)45-36(24-14-28-43(45)52)35-23-13-27-42-44(35)37-21-9-11-25-40(37)51(42)33-18-5-2-6-19-33/h1-30H. The molecule has 3 heterocycles. The fraction of sp³-hybridized carbons (Fsp3) is 0. The zero-order valence-electron chi connectivity index (χ0n) is 28.1. The third-order valence-corrected chi connectivity index (χ3v) is 10.5. The monoisotopic (exact) mass is 662 g/mol. The summed E-state index contributed by atoms with van der Waals surface area (Å²) in [7, 11) is 0. The maximum Gasteiger partial charge on any atom is 0.235 e. The molecule has 0 saturated carbocycles. The van der Waals surface area contributed by atoms with Gasteiger partial charge in [-0.05, 0) is 64.4 Å². The van der Waals surface area contributed by atoms with Crippen LogP contribution >= 0.6 is 0 Å². The Kier molecular flexibility index (Phi) is 6.22. The Labute approximate surface area is 299 Å². The molecular weight excluding hydrogens is 633 g/mol. The summed E-state index contributed by atoms with van der Waals surface area (Å²) < 4.78 is 4.64. The Morgan fingerprint density at radius 2 is 0.885 bits per heavy atom. The zero-order chi connectivity index (χ0) is 34.2. The molecule has 242 valence electrons. The third kappa shape index (κ3) is 4.15. The number of aromatic nitrogens is 4. The molecule has 0 aliphatic carbocycles.